The highest BCUT2D eigenvalue weighted by Gasteiger charge is 2.21. The second kappa shape index (κ2) is 5.15. The maximum absolute atomic E-state index is 12.8. The molecule has 3 aromatic carbocycles. The van der Waals surface area contributed by atoms with Crippen LogP contribution in [0.15, 0.2) is 72.8 Å². The van der Waals surface area contributed by atoms with E-state index in [1.165, 1.54) is 10.8 Å². The fourth-order valence-corrected chi connectivity index (χ4v) is 3.00. The van der Waals surface area contributed by atoms with Crippen LogP contribution in [0.2, 0.25) is 0 Å². The van der Waals surface area contributed by atoms with Crippen molar-refractivity contribution < 1.29 is 4.79 Å². The Morgan fingerprint density at radius 1 is 0.864 bits per heavy atom. The van der Waals surface area contributed by atoms with E-state index in [9.17, 15) is 4.79 Å². The van der Waals surface area contributed by atoms with Gasteiger partial charge in [0.05, 0.1) is 5.69 Å². The molecule has 0 saturated carbocycles. The van der Waals surface area contributed by atoms with Crippen LogP contribution in [-0.4, -0.2) is 12.5 Å². The van der Waals surface area contributed by atoms with Crippen LogP contribution in [0.4, 0.5) is 5.69 Å². The SMILES string of the molecule is O=C(c1ccccc1)N1CC=Cc2c1ccc1ccccc21. The Balaban J connectivity index is 1.85. The first-order valence-corrected chi connectivity index (χ1v) is 7.40. The molecule has 0 N–H and O–H groups in total. The summed E-state index contributed by atoms with van der Waals surface area (Å²) >= 11 is 0. The highest BCUT2D eigenvalue weighted by molar-refractivity contribution is 6.10. The lowest BCUT2D eigenvalue weighted by atomic mass is 9.99. The quantitative estimate of drug-likeness (QED) is 0.644. The number of amides is 1. The number of hydrogen-bond acceptors (Lipinski definition) is 1. The lowest BCUT2D eigenvalue weighted by Gasteiger charge is -2.27. The van der Waals surface area contributed by atoms with Crippen LogP contribution in [0.3, 0.4) is 0 Å². The van der Waals surface area contributed by atoms with E-state index in [4.69, 9.17) is 0 Å². The van der Waals surface area contributed by atoms with Crippen molar-refractivity contribution in [2.45, 2.75) is 0 Å². The first kappa shape index (κ1) is 12.8. The number of carbonyl (C=O) groups is 1. The Hall–Kier alpha value is -2.87. The Bertz CT molecular complexity index is 881. The normalized spacial score (nSPS) is 13.2. The van der Waals surface area contributed by atoms with Crippen LogP contribution in [0.5, 0.6) is 0 Å². The van der Waals surface area contributed by atoms with Crippen molar-refractivity contribution >= 4 is 28.4 Å². The average Bonchev–Trinajstić information content (AvgIpc) is 2.61. The van der Waals surface area contributed by atoms with E-state index < -0.39 is 0 Å². The van der Waals surface area contributed by atoms with Crippen molar-refractivity contribution in [1.29, 1.82) is 0 Å². The van der Waals surface area contributed by atoms with Gasteiger partial charge in [0.25, 0.3) is 5.91 Å². The Morgan fingerprint density at radius 2 is 1.64 bits per heavy atom. The molecule has 0 fully saturated rings. The smallest absolute Gasteiger partial charge is 0.258 e. The van der Waals surface area contributed by atoms with Crippen LogP contribution in [0.1, 0.15) is 15.9 Å². The molecule has 0 atom stereocenters. The van der Waals surface area contributed by atoms with E-state index in [0.29, 0.717) is 6.54 Å². The van der Waals surface area contributed by atoms with Crippen molar-refractivity contribution in [3.63, 3.8) is 0 Å². The lowest BCUT2D eigenvalue weighted by molar-refractivity contribution is 0.0989. The summed E-state index contributed by atoms with van der Waals surface area (Å²) in [5, 5.41) is 2.38. The van der Waals surface area contributed by atoms with Gasteiger partial charge in [-0.3, -0.25) is 4.79 Å². The van der Waals surface area contributed by atoms with E-state index >= 15 is 0 Å². The molecule has 0 bridgehead atoms. The van der Waals surface area contributed by atoms with Gasteiger partial charge in [0.1, 0.15) is 0 Å². The molecule has 106 valence electrons. The molecule has 1 aliphatic rings. The second-order valence-electron chi connectivity index (χ2n) is 5.40. The molecule has 1 amide bonds. The van der Waals surface area contributed by atoms with Crippen molar-refractivity contribution in [3.05, 3.63) is 83.9 Å². The van der Waals surface area contributed by atoms with Gasteiger partial charge in [-0.2, -0.15) is 0 Å². The molecule has 22 heavy (non-hydrogen) atoms. The van der Waals surface area contributed by atoms with Gasteiger partial charge < -0.3 is 4.90 Å². The van der Waals surface area contributed by atoms with Crippen LogP contribution < -0.4 is 4.90 Å². The molecular formula is C20H15NO. The molecule has 0 aliphatic carbocycles. The number of anilines is 1. The highest BCUT2D eigenvalue weighted by atomic mass is 16.2. The summed E-state index contributed by atoms with van der Waals surface area (Å²) in [4.78, 5) is 14.6. The third-order valence-electron chi connectivity index (χ3n) is 4.08. The minimum Gasteiger partial charge on any atom is -0.304 e. The third kappa shape index (κ3) is 2.01. The fourth-order valence-electron chi connectivity index (χ4n) is 3.00. The molecule has 0 aromatic heterocycles. The van der Waals surface area contributed by atoms with E-state index in [0.717, 1.165) is 16.8 Å². The Labute approximate surface area is 129 Å². The van der Waals surface area contributed by atoms with Gasteiger partial charge in [0, 0.05) is 17.7 Å². The zero-order valence-electron chi connectivity index (χ0n) is 12.1. The van der Waals surface area contributed by atoms with Crippen LogP contribution >= 0.6 is 0 Å². The van der Waals surface area contributed by atoms with Crippen molar-refractivity contribution in [2.75, 3.05) is 11.4 Å². The molecule has 4 rings (SSSR count). The molecule has 3 aromatic rings. The molecule has 0 saturated heterocycles. The number of carbonyl (C=O) groups excluding carboxylic acids is 1. The first-order chi connectivity index (χ1) is 10.8. The van der Waals surface area contributed by atoms with Crippen molar-refractivity contribution in [3.8, 4) is 0 Å². The van der Waals surface area contributed by atoms with Crippen LogP contribution in [-0.2, 0) is 0 Å². The lowest BCUT2D eigenvalue weighted by Crippen LogP contribution is -2.33. The van der Waals surface area contributed by atoms with Crippen LogP contribution in [0.25, 0.3) is 16.8 Å². The molecule has 2 heteroatoms. The van der Waals surface area contributed by atoms with E-state index in [2.05, 4.69) is 30.4 Å². The zero-order valence-corrected chi connectivity index (χ0v) is 12.1. The summed E-state index contributed by atoms with van der Waals surface area (Å²) in [6.45, 7) is 0.610. The highest BCUT2D eigenvalue weighted by Crippen LogP contribution is 2.33. The van der Waals surface area contributed by atoms with Gasteiger partial charge in [-0.05, 0) is 29.0 Å². The summed E-state index contributed by atoms with van der Waals surface area (Å²) in [6, 6.07) is 21.8. The maximum Gasteiger partial charge on any atom is 0.258 e. The Kier molecular flexibility index (Phi) is 3.01. The van der Waals surface area contributed by atoms with Gasteiger partial charge in [0.2, 0.25) is 0 Å². The zero-order chi connectivity index (χ0) is 14.9. The molecule has 1 aliphatic heterocycles. The van der Waals surface area contributed by atoms with Crippen molar-refractivity contribution in [2.24, 2.45) is 0 Å². The van der Waals surface area contributed by atoms with Gasteiger partial charge in [-0.1, -0.05) is 60.7 Å². The molecule has 0 spiro atoms. The molecule has 2 nitrogen and oxygen atoms in total. The largest absolute Gasteiger partial charge is 0.304 e. The number of benzene rings is 3. The Morgan fingerprint density at radius 3 is 2.50 bits per heavy atom. The predicted molar refractivity (Wildman–Crippen MR) is 91.1 cm³/mol. The minimum atomic E-state index is 0.0430. The van der Waals surface area contributed by atoms with Crippen molar-refractivity contribution in [1.82, 2.24) is 0 Å². The van der Waals surface area contributed by atoms with E-state index in [1.54, 1.807) is 0 Å². The molecule has 0 unspecified atom stereocenters. The molecular weight excluding hydrogens is 270 g/mol. The van der Waals surface area contributed by atoms with Gasteiger partial charge in [0.15, 0.2) is 0 Å². The van der Waals surface area contributed by atoms with Gasteiger partial charge >= 0.3 is 0 Å². The standard InChI is InChI=1S/C20H15NO/c22-20(16-8-2-1-3-9-16)21-14-6-11-18-17-10-5-4-7-15(17)12-13-19(18)21/h1-13H,14H2. The predicted octanol–water partition coefficient (Wildman–Crippen LogP) is 4.51. The summed E-state index contributed by atoms with van der Waals surface area (Å²) in [5.41, 5.74) is 2.82. The number of nitrogens with zero attached hydrogens (tertiary/aromatic N) is 1. The summed E-state index contributed by atoms with van der Waals surface area (Å²) in [6.07, 6.45) is 4.17. The summed E-state index contributed by atoms with van der Waals surface area (Å²) in [7, 11) is 0. The van der Waals surface area contributed by atoms with Gasteiger partial charge in [-0.15, -0.1) is 0 Å². The van der Waals surface area contributed by atoms with E-state index in [1.807, 2.05) is 53.4 Å². The fraction of sp³-hybridized carbons (Fsp3) is 0.0500. The monoisotopic (exact) mass is 285 g/mol. The van der Waals surface area contributed by atoms with E-state index in [-0.39, 0.29) is 5.91 Å². The summed E-state index contributed by atoms with van der Waals surface area (Å²) in [5.74, 6) is 0.0430. The second-order valence-corrected chi connectivity index (χ2v) is 5.40. The average molecular weight is 285 g/mol. The number of rotatable bonds is 1. The van der Waals surface area contributed by atoms with Gasteiger partial charge in [-0.25, -0.2) is 0 Å². The van der Waals surface area contributed by atoms with Crippen LogP contribution in [0, 0.1) is 0 Å². The first-order valence-electron chi connectivity index (χ1n) is 7.40. The molecule has 0 radical (unpaired) electrons. The maximum atomic E-state index is 12.8. The third-order valence-corrected chi connectivity index (χ3v) is 4.08. The number of hydrogen-bond donors (Lipinski definition) is 0. The topological polar surface area (TPSA) is 20.3 Å². The molecule has 1 heterocycles. The summed E-state index contributed by atoms with van der Waals surface area (Å²) < 4.78 is 0. The minimum absolute atomic E-state index is 0.0430. The number of fused-ring (bicyclic) bond motifs is 3.